The number of methoxy groups -OCH3 is 1. The molecule has 0 bridgehead atoms. The molecule has 0 aliphatic heterocycles. The third-order valence-corrected chi connectivity index (χ3v) is 4.80. The van der Waals surface area contributed by atoms with Crippen molar-refractivity contribution in [3.63, 3.8) is 0 Å². The van der Waals surface area contributed by atoms with Crippen LogP contribution in [0.3, 0.4) is 0 Å². The minimum atomic E-state index is 0.252. The zero-order valence-electron chi connectivity index (χ0n) is 13.7. The first kappa shape index (κ1) is 18.3. The van der Waals surface area contributed by atoms with Gasteiger partial charge in [-0.1, -0.05) is 19.9 Å². The van der Waals surface area contributed by atoms with Gasteiger partial charge in [0.1, 0.15) is 5.75 Å². The third kappa shape index (κ3) is 6.29. The van der Waals surface area contributed by atoms with Crippen molar-refractivity contribution in [2.45, 2.75) is 39.0 Å². The fourth-order valence-corrected chi connectivity index (χ4v) is 3.15. The van der Waals surface area contributed by atoms with Crippen LogP contribution in [0.2, 0.25) is 0 Å². The molecule has 4 heteroatoms. The molecule has 1 aromatic carbocycles. The Labute approximate surface area is 133 Å². The summed E-state index contributed by atoms with van der Waals surface area (Å²) in [5.74, 6) is 3.18. The van der Waals surface area contributed by atoms with Gasteiger partial charge >= 0.3 is 0 Å². The summed E-state index contributed by atoms with van der Waals surface area (Å²) in [6.45, 7) is 7.73. The second kappa shape index (κ2) is 10.1. The Balaban J connectivity index is 2.70. The SMILES string of the molecule is CCCNC(C)c1ccc(OC)c(CSCC(C)CO)c1. The van der Waals surface area contributed by atoms with Crippen LogP contribution in [-0.2, 0) is 5.75 Å². The van der Waals surface area contributed by atoms with Crippen LogP contribution in [0.15, 0.2) is 18.2 Å². The van der Waals surface area contributed by atoms with Gasteiger partial charge in [-0.05, 0) is 49.3 Å². The molecular formula is C17H29NO2S. The maximum Gasteiger partial charge on any atom is 0.122 e. The van der Waals surface area contributed by atoms with Crippen LogP contribution in [0.25, 0.3) is 0 Å². The molecule has 0 saturated carbocycles. The maximum atomic E-state index is 9.09. The fourth-order valence-electron chi connectivity index (χ4n) is 2.08. The highest BCUT2D eigenvalue weighted by atomic mass is 32.2. The van der Waals surface area contributed by atoms with E-state index in [1.807, 2.05) is 11.8 Å². The zero-order valence-corrected chi connectivity index (χ0v) is 14.5. The van der Waals surface area contributed by atoms with Crippen molar-refractivity contribution in [1.82, 2.24) is 5.32 Å². The Bertz CT molecular complexity index is 412. The third-order valence-electron chi connectivity index (χ3n) is 3.48. The smallest absolute Gasteiger partial charge is 0.122 e. The molecule has 2 unspecified atom stereocenters. The first-order chi connectivity index (χ1) is 10.1. The van der Waals surface area contributed by atoms with E-state index >= 15 is 0 Å². The van der Waals surface area contributed by atoms with Crippen molar-refractivity contribution < 1.29 is 9.84 Å². The number of hydrogen-bond acceptors (Lipinski definition) is 4. The highest BCUT2D eigenvalue weighted by Gasteiger charge is 2.10. The molecule has 0 radical (unpaired) electrons. The van der Waals surface area contributed by atoms with Crippen LogP contribution in [-0.4, -0.2) is 31.1 Å². The van der Waals surface area contributed by atoms with Gasteiger partial charge in [-0.3, -0.25) is 0 Å². The molecule has 0 aromatic heterocycles. The molecule has 0 heterocycles. The minimum absolute atomic E-state index is 0.252. The lowest BCUT2D eigenvalue weighted by molar-refractivity contribution is 0.250. The van der Waals surface area contributed by atoms with Crippen molar-refractivity contribution in [2.24, 2.45) is 5.92 Å². The predicted octanol–water partition coefficient (Wildman–Crippen LogP) is 3.62. The molecular weight excluding hydrogens is 282 g/mol. The minimum Gasteiger partial charge on any atom is -0.496 e. The van der Waals surface area contributed by atoms with E-state index in [1.165, 1.54) is 11.1 Å². The van der Waals surface area contributed by atoms with E-state index in [2.05, 4.69) is 44.3 Å². The van der Waals surface area contributed by atoms with E-state index in [0.29, 0.717) is 12.0 Å². The number of aliphatic hydroxyl groups excluding tert-OH is 1. The number of aliphatic hydroxyl groups is 1. The maximum absolute atomic E-state index is 9.09. The van der Waals surface area contributed by atoms with E-state index in [9.17, 15) is 0 Å². The number of nitrogens with one attached hydrogen (secondary N) is 1. The summed E-state index contributed by atoms with van der Waals surface area (Å²) < 4.78 is 5.46. The van der Waals surface area contributed by atoms with E-state index in [0.717, 1.165) is 30.2 Å². The highest BCUT2D eigenvalue weighted by Crippen LogP contribution is 2.27. The summed E-state index contributed by atoms with van der Waals surface area (Å²) in [4.78, 5) is 0. The molecule has 1 aromatic rings. The molecule has 120 valence electrons. The van der Waals surface area contributed by atoms with Gasteiger partial charge in [-0.15, -0.1) is 0 Å². The zero-order chi connectivity index (χ0) is 15.7. The molecule has 21 heavy (non-hydrogen) atoms. The molecule has 0 amide bonds. The summed E-state index contributed by atoms with van der Waals surface area (Å²) in [6, 6.07) is 6.79. The molecule has 0 aliphatic carbocycles. The van der Waals surface area contributed by atoms with E-state index in [1.54, 1.807) is 7.11 Å². The first-order valence-electron chi connectivity index (χ1n) is 7.71. The summed E-state index contributed by atoms with van der Waals surface area (Å²) >= 11 is 1.85. The van der Waals surface area contributed by atoms with Gasteiger partial charge in [-0.2, -0.15) is 11.8 Å². The van der Waals surface area contributed by atoms with Gasteiger partial charge in [0.05, 0.1) is 7.11 Å². The lowest BCUT2D eigenvalue weighted by Crippen LogP contribution is -2.19. The van der Waals surface area contributed by atoms with Crippen LogP contribution >= 0.6 is 11.8 Å². The van der Waals surface area contributed by atoms with E-state index in [-0.39, 0.29) is 6.61 Å². The normalized spacial score (nSPS) is 14.0. The molecule has 2 atom stereocenters. The van der Waals surface area contributed by atoms with Crippen LogP contribution < -0.4 is 10.1 Å². The van der Waals surface area contributed by atoms with Crippen molar-refractivity contribution in [3.8, 4) is 5.75 Å². The van der Waals surface area contributed by atoms with Crippen molar-refractivity contribution in [3.05, 3.63) is 29.3 Å². The van der Waals surface area contributed by atoms with Crippen LogP contribution in [0.4, 0.5) is 0 Å². The Hall–Kier alpha value is -0.710. The van der Waals surface area contributed by atoms with Crippen LogP contribution in [0, 0.1) is 5.92 Å². The van der Waals surface area contributed by atoms with Gasteiger partial charge in [0.25, 0.3) is 0 Å². The van der Waals surface area contributed by atoms with Gasteiger partial charge in [0.15, 0.2) is 0 Å². The summed E-state index contributed by atoms with van der Waals surface area (Å²) in [5, 5.41) is 12.6. The van der Waals surface area contributed by atoms with Gasteiger partial charge in [0.2, 0.25) is 0 Å². The number of rotatable bonds is 10. The highest BCUT2D eigenvalue weighted by molar-refractivity contribution is 7.98. The Morgan fingerprint density at radius 2 is 2.10 bits per heavy atom. The second-order valence-electron chi connectivity index (χ2n) is 5.55. The molecule has 1 rings (SSSR count). The van der Waals surface area contributed by atoms with E-state index in [4.69, 9.17) is 9.84 Å². The first-order valence-corrected chi connectivity index (χ1v) is 8.86. The Kier molecular flexibility index (Phi) is 8.81. The number of benzene rings is 1. The standard InChI is InChI=1S/C17H29NO2S/c1-5-8-18-14(3)15-6-7-17(20-4)16(9-15)12-21-11-13(2)10-19/h6-7,9,13-14,18-19H,5,8,10-12H2,1-4H3. The molecule has 0 aliphatic rings. The number of ether oxygens (including phenoxy) is 1. The quantitative estimate of drug-likeness (QED) is 0.692. The van der Waals surface area contributed by atoms with Crippen molar-refractivity contribution in [1.29, 1.82) is 0 Å². The topological polar surface area (TPSA) is 41.5 Å². The Morgan fingerprint density at radius 1 is 1.33 bits per heavy atom. The van der Waals surface area contributed by atoms with Crippen LogP contribution in [0.1, 0.15) is 44.4 Å². The predicted molar refractivity (Wildman–Crippen MR) is 92.1 cm³/mol. The van der Waals surface area contributed by atoms with Crippen molar-refractivity contribution >= 4 is 11.8 Å². The second-order valence-corrected chi connectivity index (χ2v) is 6.58. The summed E-state index contributed by atoms with van der Waals surface area (Å²) in [5.41, 5.74) is 2.53. The van der Waals surface area contributed by atoms with Crippen LogP contribution in [0.5, 0.6) is 5.75 Å². The van der Waals surface area contributed by atoms with E-state index < -0.39 is 0 Å². The lowest BCUT2D eigenvalue weighted by atomic mass is 10.0. The average Bonchev–Trinajstić information content (AvgIpc) is 2.52. The Morgan fingerprint density at radius 3 is 2.71 bits per heavy atom. The van der Waals surface area contributed by atoms with Gasteiger partial charge in [-0.25, -0.2) is 0 Å². The number of hydrogen-bond donors (Lipinski definition) is 2. The monoisotopic (exact) mass is 311 g/mol. The largest absolute Gasteiger partial charge is 0.496 e. The average molecular weight is 311 g/mol. The van der Waals surface area contributed by atoms with Gasteiger partial charge in [0, 0.05) is 24.0 Å². The summed E-state index contributed by atoms with van der Waals surface area (Å²) in [7, 11) is 1.72. The lowest BCUT2D eigenvalue weighted by Gasteiger charge is -2.17. The summed E-state index contributed by atoms with van der Waals surface area (Å²) in [6.07, 6.45) is 1.14. The molecule has 0 spiro atoms. The molecule has 0 fully saturated rings. The van der Waals surface area contributed by atoms with Crippen molar-refractivity contribution in [2.75, 3.05) is 26.0 Å². The molecule has 3 nitrogen and oxygen atoms in total. The number of thioether (sulfide) groups is 1. The van der Waals surface area contributed by atoms with Gasteiger partial charge < -0.3 is 15.2 Å². The molecule has 0 saturated heterocycles. The fraction of sp³-hybridized carbons (Fsp3) is 0.647. The molecule has 2 N–H and O–H groups in total.